The van der Waals surface area contributed by atoms with Gasteiger partial charge in [0.15, 0.2) is 0 Å². The van der Waals surface area contributed by atoms with Crippen LogP contribution in [0.15, 0.2) is 41.3 Å². The van der Waals surface area contributed by atoms with Crippen molar-refractivity contribution >= 4 is 45.1 Å². The molecule has 31 heavy (non-hydrogen) atoms. The molecule has 2 aromatic rings. The first-order chi connectivity index (χ1) is 14.4. The van der Waals surface area contributed by atoms with E-state index in [1.165, 1.54) is 0 Å². The zero-order valence-electron chi connectivity index (χ0n) is 16.1. The zero-order valence-corrected chi connectivity index (χ0v) is 18.4. The smallest absolute Gasteiger partial charge is 0.298 e. The lowest BCUT2D eigenvalue weighted by molar-refractivity contribution is -0.123. The van der Waals surface area contributed by atoms with Gasteiger partial charge in [0, 0.05) is 34.5 Å². The Morgan fingerprint density at radius 2 is 1.81 bits per heavy atom. The minimum absolute atomic E-state index is 0.163. The maximum absolute atomic E-state index is 12.6. The van der Waals surface area contributed by atoms with Crippen LogP contribution in [0, 0.1) is 0 Å². The minimum Gasteiger partial charge on any atom is -0.506 e. The standard InChI is InChI=1S/C19H21Cl2N3O6S/c20-11-3-1-2-10(6-11)4-5-24-19(27)17(23)13(9-16(22)25)14-7-12(21)8-15(18(14)26)31(28,29)30/h1-3,6-8,13,17,26H,4-5,9,23H2,(H2,22,25)(H,24,27)(H,28,29,30)/t13?,17-/m0/s1. The van der Waals surface area contributed by atoms with Crippen LogP contribution in [0.2, 0.25) is 10.0 Å². The summed E-state index contributed by atoms with van der Waals surface area (Å²) in [6.45, 7) is 0.202. The van der Waals surface area contributed by atoms with Crippen molar-refractivity contribution in [1.29, 1.82) is 0 Å². The van der Waals surface area contributed by atoms with Crippen LogP contribution in [0.3, 0.4) is 0 Å². The second-order valence-corrected chi connectivity index (χ2v) is 9.05. The molecule has 168 valence electrons. The van der Waals surface area contributed by atoms with Crippen LogP contribution in [-0.4, -0.2) is 42.5 Å². The Balaban J connectivity index is 2.26. The molecule has 0 bridgehead atoms. The van der Waals surface area contributed by atoms with E-state index in [0.717, 1.165) is 17.7 Å². The maximum atomic E-state index is 12.6. The van der Waals surface area contributed by atoms with Crippen LogP contribution >= 0.6 is 23.2 Å². The molecule has 0 heterocycles. The highest BCUT2D eigenvalue weighted by Gasteiger charge is 2.32. The van der Waals surface area contributed by atoms with Crippen LogP contribution < -0.4 is 16.8 Å². The lowest BCUT2D eigenvalue weighted by Crippen LogP contribution is -2.46. The maximum Gasteiger partial charge on any atom is 0.298 e. The van der Waals surface area contributed by atoms with E-state index in [-0.39, 0.29) is 17.1 Å². The van der Waals surface area contributed by atoms with Crippen molar-refractivity contribution in [2.45, 2.75) is 29.7 Å². The predicted octanol–water partition coefficient (Wildman–Crippen LogP) is 1.59. The molecule has 2 rings (SSSR count). The molecule has 9 nitrogen and oxygen atoms in total. The predicted molar refractivity (Wildman–Crippen MR) is 116 cm³/mol. The highest BCUT2D eigenvalue weighted by molar-refractivity contribution is 7.86. The number of benzene rings is 2. The molecule has 0 radical (unpaired) electrons. The largest absolute Gasteiger partial charge is 0.506 e. The van der Waals surface area contributed by atoms with Crippen molar-refractivity contribution in [3.63, 3.8) is 0 Å². The number of primary amides is 1. The lowest BCUT2D eigenvalue weighted by atomic mass is 9.87. The van der Waals surface area contributed by atoms with Gasteiger partial charge in [-0.3, -0.25) is 14.1 Å². The van der Waals surface area contributed by atoms with E-state index in [4.69, 9.17) is 34.7 Å². The second kappa shape index (κ2) is 10.3. The summed E-state index contributed by atoms with van der Waals surface area (Å²) >= 11 is 11.8. The fraction of sp³-hybridized carbons (Fsp3) is 0.263. The van der Waals surface area contributed by atoms with Crippen LogP contribution in [0.1, 0.15) is 23.5 Å². The third kappa shape index (κ3) is 6.81. The number of carbonyl (C=O) groups excluding carboxylic acids is 2. The molecule has 0 spiro atoms. The number of phenolic OH excluding ortho intramolecular Hbond substituents is 1. The fourth-order valence-electron chi connectivity index (χ4n) is 3.04. The first-order valence-electron chi connectivity index (χ1n) is 8.96. The van der Waals surface area contributed by atoms with Gasteiger partial charge in [-0.2, -0.15) is 8.42 Å². The number of carbonyl (C=O) groups is 2. The van der Waals surface area contributed by atoms with Gasteiger partial charge in [0.05, 0.1) is 6.04 Å². The normalized spacial score (nSPS) is 13.4. The first-order valence-corrected chi connectivity index (χ1v) is 11.2. The van der Waals surface area contributed by atoms with Crippen LogP contribution in [-0.2, 0) is 26.1 Å². The molecule has 0 saturated heterocycles. The molecule has 12 heteroatoms. The third-order valence-corrected chi connectivity index (χ3v) is 5.83. The van der Waals surface area contributed by atoms with Gasteiger partial charge in [-0.05, 0) is 36.2 Å². The van der Waals surface area contributed by atoms with Gasteiger partial charge in [0.1, 0.15) is 10.6 Å². The highest BCUT2D eigenvalue weighted by atomic mass is 35.5. The Hall–Kier alpha value is -2.37. The van der Waals surface area contributed by atoms with Gasteiger partial charge in [-0.15, -0.1) is 0 Å². The Bertz CT molecular complexity index is 1090. The van der Waals surface area contributed by atoms with Crippen molar-refractivity contribution in [2.24, 2.45) is 11.5 Å². The fourth-order valence-corrected chi connectivity index (χ4v) is 4.19. The number of nitrogens with one attached hydrogen (secondary N) is 1. The summed E-state index contributed by atoms with van der Waals surface area (Å²) in [5, 5.41) is 13.4. The SMILES string of the molecule is NC(=O)CC(c1cc(Cl)cc(S(=O)(=O)O)c1O)[C@H](N)C(=O)NCCc1cccc(Cl)c1. The van der Waals surface area contributed by atoms with E-state index in [9.17, 15) is 27.7 Å². The molecular weight excluding hydrogens is 469 g/mol. The molecule has 2 aromatic carbocycles. The molecule has 2 atom stereocenters. The van der Waals surface area contributed by atoms with Gasteiger partial charge in [-0.1, -0.05) is 35.3 Å². The summed E-state index contributed by atoms with van der Waals surface area (Å²) in [5.74, 6) is -3.59. The number of amides is 2. The molecule has 2 amide bonds. The molecule has 0 aliphatic heterocycles. The van der Waals surface area contributed by atoms with Crippen molar-refractivity contribution < 1.29 is 27.7 Å². The van der Waals surface area contributed by atoms with Crippen LogP contribution in [0.4, 0.5) is 0 Å². The molecule has 0 aromatic heterocycles. The Morgan fingerprint density at radius 3 is 2.39 bits per heavy atom. The van der Waals surface area contributed by atoms with Crippen molar-refractivity contribution in [1.82, 2.24) is 5.32 Å². The molecule has 0 saturated carbocycles. The summed E-state index contributed by atoms with van der Waals surface area (Å²) in [6, 6.07) is 7.64. The summed E-state index contributed by atoms with van der Waals surface area (Å²) < 4.78 is 32.4. The van der Waals surface area contributed by atoms with Crippen molar-refractivity contribution in [3.8, 4) is 5.75 Å². The van der Waals surface area contributed by atoms with E-state index in [1.807, 2.05) is 6.07 Å². The molecule has 1 unspecified atom stereocenters. The van der Waals surface area contributed by atoms with E-state index >= 15 is 0 Å². The number of hydrogen-bond donors (Lipinski definition) is 5. The monoisotopic (exact) mass is 489 g/mol. The van der Waals surface area contributed by atoms with Crippen molar-refractivity contribution in [2.75, 3.05) is 6.54 Å². The zero-order chi connectivity index (χ0) is 23.3. The highest BCUT2D eigenvalue weighted by Crippen LogP contribution is 2.37. The summed E-state index contributed by atoms with van der Waals surface area (Å²) in [7, 11) is -4.84. The Morgan fingerprint density at radius 1 is 1.13 bits per heavy atom. The third-order valence-electron chi connectivity index (χ3n) is 4.51. The Kier molecular flexibility index (Phi) is 8.27. The molecule has 0 fully saturated rings. The van der Waals surface area contributed by atoms with E-state index in [2.05, 4.69) is 5.32 Å². The quantitative estimate of drug-likeness (QED) is 0.332. The summed E-state index contributed by atoms with van der Waals surface area (Å²) in [5.41, 5.74) is 11.9. The van der Waals surface area contributed by atoms with Gasteiger partial charge in [-0.25, -0.2) is 0 Å². The number of nitrogens with two attached hydrogens (primary N) is 2. The molecular formula is C19H21Cl2N3O6S. The second-order valence-electron chi connectivity index (χ2n) is 6.79. The number of phenols is 1. The van der Waals surface area contributed by atoms with Gasteiger partial charge >= 0.3 is 0 Å². The van der Waals surface area contributed by atoms with Gasteiger partial charge in [0.2, 0.25) is 11.8 Å². The summed E-state index contributed by atoms with van der Waals surface area (Å²) in [6.07, 6.45) is -0.0312. The first kappa shape index (κ1) is 24.9. The van der Waals surface area contributed by atoms with E-state index in [0.29, 0.717) is 11.4 Å². The summed E-state index contributed by atoms with van der Waals surface area (Å²) in [4.78, 5) is 23.3. The van der Waals surface area contributed by atoms with Crippen molar-refractivity contribution in [3.05, 3.63) is 57.6 Å². The van der Waals surface area contributed by atoms with E-state index in [1.54, 1.807) is 18.2 Å². The van der Waals surface area contributed by atoms with E-state index < -0.39 is 51.0 Å². The lowest BCUT2D eigenvalue weighted by Gasteiger charge is -2.24. The molecule has 0 aliphatic rings. The number of halogens is 2. The van der Waals surface area contributed by atoms with Gasteiger partial charge in [0.25, 0.3) is 10.1 Å². The Labute approximate surface area is 189 Å². The van der Waals surface area contributed by atoms with Crippen LogP contribution in [0.5, 0.6) is 5.75 Å². The van der Waals surface area contributed by atoms with Gasteiger partial charge < -0.3 is 21.9 Å². The number of hydrogen-bond acceptors (Lipinski definition) is 6. The minimum atomic E-state index is -4.84. The average Bonchev–Trinajstić information content (AvgIpc) is 2.66. The average molecular weight is 490 g/mol. The number of aromatic hydroxyl groups is 1. The molecule has 0 aliphatic carbocycles. The van der Waals surface area contributed by atoms with Crippen LogP contribution in [0.25, 0.3) is 0 Å². The molecule has 7 N–H and O–H groups in total. The number of rotatable bonds is 9. The topological polar surface area (TPSA) is 173 Å².